The number of halogens is 1. The monoisotopic (exact) mass is 315 g/mol. The minimum absolute atomic E-state index is 0.0559. The topological polar surface area (TPSA) is 20.3 Å². The fourth-order valence-corrected chi connectivity index (χ4v) is 4.03. The molecule has 1 amide bonds. The molecule has 2 rings (SSSR count). The predicted octanol–water partition coefficient (Wildman–Crippen LogP) is 4.12. The number of hydrogen-bond donors (Lipinski definition) is 0. The molecule has 104 valence electrons. The van der Waals surface area contributed by atoms with E-state index in [9.17, 15) is 4.79 Å². The van der Waals surface area contributed by atoms with Crippen LogP contribution in [0.2, 0.25) is 0 Å². The maximum absolute atomic E-state index is 12.9. The number of hydrogen-bond acceptors (Lipinski definition) is 1. The minimum atomic E-state index is -0.0559. The molecule has 18 heavy (non-hydrogen) atoms. The van der Waals surface area contributed by atoms with Gasteiger partial charge in [-0.1, -0.05) is 55.0 Å². The molecule has 0 aromatic heterocycles. The maximum Gasteiger partial charge on any atom is 0.228 e. The molecular formula is C15H26BrNO. The molecule has 2 nitrogen and oxygen atoms in total. The van der Waals surface area contributed by atoms with Crippen LogP contribution in [0.25, 0.3) is 0 Å². The lowest BCUT2D eigenvalue weighted by Crippen LogP contribution is -2.48. The molecule has 0 unspecified atom stereocenters. The predicted molar refractivity (Wildman–Crippen MR) is 79.0 cm³/mol. The molecule has 0 spiro atoms. The molecule has 2 aliphatic carbocycles. The number of carbonyl (C=O) groups excluding carboxylic acids is 1. The largest absolute Gasteiger partial charge is 0.338 e. The zero-order valence-electron chi connectivity index (χ0n) is 11.6. The van der Waals surface area contributed by atoms with Crippen LogP contribution >= 0.6 is 15.9 Å². The molecule has 0 atom stereocenters. The summed E-state index contributed by atoms with van der Waals surface area (Å²) < 4.78 is 0. The summed E-state index contributed by atoms with van der Waals surface area (Å²) in [7, 11) is 0. The molecule has 0 saturated heterocycles. The summed E-state index contributed by atoms with van der Waals surface area (Å²) in [5.41, 5.74) is -0.0559. The van der Waals surface area contributed by atoms with Crippen molar-refractivity contribution in [2.24, 2.45) is 5.41 Å². The highest BCUT2D eigenvalue weighted by Crippen LogP contribution is 2.40. The van der Waals surface area contributed by atoms with Gasteiger partial charge in [0.05, 0.1) is 0 Å². The Kier molecular flexibility index (Phi) is 5.11. The van der Waals surface area contributed by atoms with Crippen molar-refractivity contribution in [3.8, 4) is 0 Å². The van der Waals surface area contributed by atoms with Crippen LogP contribution in [-0.4, -0.2) is 28.7 Å². The highest BCUT2D eigenvalue weighted by molar-refractivity contribution is 9.09. The fraction of sp³-hybridized carbons (Fsp3) is 0.933. The Bertz CT molecular complexity index is 280. The summed E-state index contributed by atoms with van der Waals surface area (Å²) in [6.45, 7) is 3.07. The van der Waals surface area contributed by atoms with Gasteiger partial charge in [0.15, 0.2) is 0 Å². The molecule has 0 heterocycles. The summed E-state index contributed by atoms with van der Waals surface area (Å²) >= 11 is 3.52. The Morgan fingerprint density at radius 2 is 1.78 bits per heavy atom. The SMILES string of the molecule is CC1(C(=O)N(CCBr)C2CCCCC2)CCCC1. The van der Waals surface area contributed by atoms with Crippen LogP contribution < -0.4 is 0 Å². The van der Waals surface area contributed by atoms with Gasteiger partial charge in [0, 0.05) is 23.3 Å². The summed E-state index contributed by atoms with van der Waals surface area (Å²) in [4.78, 5) is 15.1. The second-order valence-corrected chi connectivity index (χ2v) is 7.04. The van der Waals surface area contributed by atoms with E-state index in [2.05, 4.69) is 27.8 Å². The second kappa shape index (κ2) is 6.40. The Morgan fingerprint density at radius 3 is 2.33 bits per heavy atom. The molecule has 0 radical (unpaired) electrons. The first kappa shape index (κ1) is 14.4. The lowest BCUT2D eigenvalue weighted by atomic mass is 9.85. The highest BCUT2D eigenvalue weighted by Gasteiger charge is 2.40. The quantitative estimate of drug-likeness (QED) is 0.714. The van der Waals surface area contributed by atoms with Crippen LogP contribution in [0.1, 0.15) is 64.7 Å². The third-order valence-electron chi connectivity index (χ3n) is 4.83. The van der Waals surface area contributed by atoms with Crippen molar-refractivity contribution in [2.45, 2.75) is 70.8 Å². The molecule has 2 saturated carbocycles. The second-order valence-electron chi connectivity index (χ2n) is 6.25. The van der Waals surface area contributed by atoms with E-state index in [0.717, 1.165) is 24.7 Å². The molecule has 2 fully saturated rings. The maximum atomic E-state index is 12.9. The van der Waals surface area contributed by atoms with Crippen LogP contribution in [0.15, 0.2) is 0 Å². The Labute approximate surface area is 120 Å². The van der Waals surface area contributed by atoms with Gasteiger partial charge in [-0.3, -0.25) is 4.79 Å². The van der Waals surface area contributed by atoms with Gasteiger partial charge in [0.1, 0.15) is 0 Å². The zero-order valence-corrected chi connectivity index (χ0v) is 13.2. The Balaban J connectivity index is 2.05. The Hall–Kier alpha value is -0.0500. The number of rotatable bonds is 4. The first-order valence-corrected chi connectivity index (χ1v) is 8.66. The molecule has 0 aromatic carbocycles. The van der Waals surface area contributed by atoms with Crippen molar-refractivity contribution in [3.63, 3.8) is 0 Å². The van der Waals surface area contributed by atoms with Gasteiger partial charge < -0.3 is 4.90 Å². The Morgan fingerprint density at radius 1 is 1.17 bits per heavy atom. The first-order valence-electron chi connectivity index (χ1n) is 7.54. The molecular weight excluding hydrogens is 290 g/mol. The van der Waals surface area contributed by atoms with Gasteiger partial charge in [-0.2, -0.15) is 0 Å². The molecule has 3 heteroatoms. The van der Waals surface area contributed by atoms with Crippen LogP contribution in [0.4, 0.5) is 0 Å². The number of alkyl halides is 1. The third-order valence-corrected chi connectivity index (χ3v) is 5.18. The fourth-order valence-electron chi connectivity index (χ4n) is 3.65. The van der Waals surface area contributed by atoms with Crippen molar-refractivity contribution in [1.29, 1.82) is 0 Å². The first-order chi connectivity index (χ1) is 8.67. The normalized spacial score (nSPS) is 24.1. The van der Waals surface area contributed by atoms with E-state index in [-0.39, 0.29) is 5.41 Å². The van der Waals surface area contributed by atoms with Gasteiger partial charge in [-0.25, -0.2) is 0 Å². The van der Waals surface area contributed by atoms with Crippen molar-refractivity contribution in [2.75, 3.05) is 11.9 Å². The minimum Gasteiger partial charge on any atom is -0.338 e. The lowest BCUT2D eigenvalue weighted by molar-refractivity contribution is -0.143. The van der Waals surface area contributed by atoms with Crippen molar-refractivity contribution >= 4 is 21.8 Å². The van der Waals surface area contributed by atoms with Gasteiger partial charge in [-0.05, 0) is 25.7 Å². The lowest BCUT2D eigenvalue weighted by Gasteiger charge is -2.39. The summed E-state index contributed by atoms with van der Waals surface area (Å²) in [6.07, 6.45) is 11.0. The van der Waals surface area contributed by atoms with E-state index in [4.69, 9.17) is 0 Å². The molecule has 0 bridgehead atoms. The van der Waals surface area contributed by atoms with Gasteiger partial charge in [-0.15, -0.1) is 0 Å². The van der Waals surface area contributed by atoms with Crippen LogP contribution in [0.3, 0.4) is 0 Å². The van der Waals surface area contributed by atoms with E-state index in [1.165, 1.54) is 44.9 Å². The molecule has 0 N–H and O–H groups in total. The average molecular weight is 316 g/mol. The molecule has 0 aromatic rings. The summed E-state index contributed by atoms with van der Waals surface area (Å²) in [5, 5.41) is 0.908. The summed E-state index contributed by atoms with van der Waals surface area (Å²) in [6, 6.07) is 0.515. The van der Waals surface area contributed by atoms with E-state index < -0.39 is 0 Å². The zero-order chi connectivity index (χ0) is 13.0. The van der Waals surface area contributed by atoms with Gasteiger partial charge >= 0.3 is 0 Å². The van der Waals surface area contributed by atoms with E-state index >= 15 is 0 Å². The smallest absolute Gasteiger partial charge is 0.228 e. The van der Waals surface area contributed by atoms with Gasteiger partial charge in [0.25, 0.3) is 0 Å². The standard InChI is InChI=1S/C15H26BrNO/c1-15(9-5-6-10-15)14(18)17(12-11-16)13-7-3-2-4-8-13/h13H,2-12H2,1H3. The highest BCUT2D eigenvalue weighted by atomic mass is 79.9. The average Bonchev–Trinajstić information content (AvgIpc) is 2.84. The number of carbonyl (C=O) groups is 1. The number of nitrogens with zero attached hydrogens (tertiary/aromatic N) is 1. The van der Waals surface area contributed by atoms with E-state index in [0.29, 0.717) is 11.9 Å². The van der Waals surface area contributed by atoms with Crippen molar-refractivity contribution < 1.29 is 4.79 Å². The third kappa shape index (κ3) is 3.09. The van der Waals surface area contributed by atoms with E-state index in [1.807, 2.05) is 0 Å². The molecule has 2 aliphatic rings. The summed E-state index contributed by atoms with van der Waals surface area (Å²) in [5.74, 6) is 0.436. The number of amides is 1. The van der Waals surface area contributed by atoms with Crippen molar-refractivity contribution in [3.05, 3.63) is 0 Å². The van der Waals surface area contributed by atoms with E-state index in [1.54, 1.807) is 0 Å². The van der Waals surface area contributed by atoms with Crippen molar-refractivity contribution in [1.82, 2.24) is 4.90 Å². The van der Waals surface area contributed by atoms with Crippen LogP contribution in [0.5, 0.6) is 0 Å². The van der Waals surface area contributed by atoms with Gasteiger partial charge in [0.2, 0.25) is 5.91 Å². The van der Waals surface area contributed by atoms with Crippen LogP contribution in [0, 0.1) is 5.41 Å². The van der Waals surface area contributed by atoms with Crippen LogP contribution in [-0.2, 0) is 4.79 Å². The molecule has 0 aliphatic heterocycles.